The van der Waals surface area contributed by atoms with Gasteiger partial charge in [-0.2, -0.15) is 0 Å². The first-order valence-electron chi connectivity index (χ1n) is 9.99. The van der Waals surface area contributed by atoms with Crippen molar-refractivity contribution in [1.29, 1.82) is 0 Å². The van der Waals surface area contributed by atoms with Crippen LogP contribution in [0.2, 0.25) is 0 Å². The van der Waals surface area contributed by atoms with E-state index in [1.165, 1.54) is 6.42 Å². The van der Waals surface area contributed by atoms with Gasteiger partial charge in [0, 0.05) is 25.7 Å². The molecule has 2 aromatic rings. The number of benzene rings is 1. The third-order valence-corrected chi connectivity index (χ3v) is 6.64. The van der Waals surface area contributed by atoms with E-state index in [2.05, 4.69) is 33.4 Å². The maximum atomic E-state index is 12.6. The van der Waals surface area contributed by atoms with Crippen molar-refractivity contribution in [2.24, 2.45) is 0 Å². The zero-order valence-electron chi connectivity index (χ0n) is 16.9. The second-order valence-corrected chi connectivity index (χ2v) is 9.02. The van der Waals surface area contributed by atoms with Gasteiger partial charge in [-0.1, -0.05) is 26.0 Å². The van der Waals surface area contributed by atoms with E-state index >= 15 is 0 Å². The third-order valence-electron chi connectivity index (χ3n) is 5.24. The number of hydrogen-bond donors (Lipinski definition) is 1. The van der Waals surface area contributed by atoms with Crippen LogP contribution >= 0.6 is 0 Å². The van der Waals surface area contributed by atoms with Crippen molar-refractivity contribution in [3.05, 3.63) is 48.2 Å². The first-order chi connectivity index (χ1) is 13.4. The highest BCUT2D eigenvalue weighted by Crippen LogP contribution is 2.21. The van der Waals surface area contributed by atoms with Crippen molar-refractivity contribution in [2.75, 3.05) is 35.8 Å². The fourth-order valence-corrected chi connectivity index (χ4v) is 4.62. The predicted molar refractivity (Wildman–Crippen MR) is 114 cm³/mol. The SMILES string of the molecule is CCCN1CCN(c2ccc(NS(=O)(=O)c3ccc(CC)cc3)cn2)C[C@@H]1C. The quantitative estimate of drug-likeness (QED) is 0.769. The molecule has 1 saturated heterocycles. The van der Waals surface area contributed by atoms with Crippen LogP contribution < -0.4 is 9.62 Å². The Morgan fingerprint density at radius 2 is 1.86 bits per heavy atom. The molecule has 1 aliphatic rings. The molecule has 0 aliphatic carbocycles. The van der Waals surface area contributed by atoms with Crippen LogP contribution in [0.5, 0.6) is 0 Å². The normalized spacial score (nSPS) is 18.2. The maximum absolute atomic E-state index is 12.6. The fourth-order valence-electron chi connectivity index (χ4n) is 3.57. The molecule has 0 amide bonds. The lowest BCUT2D eigenvalue weighted by molar-refractivity contribution is 0.189. The van der Waals surface area contributed by atoms with Crippen molar-refractivity contribution in [3.63, 3.8) is 0 Å². The van der Waals surface area contributed by atoms with Crippen molar-refractivity contribution < 1.29 is 8.42 Å². The summed E-state index contributed by atoms with van der Waals surface area (Å²) in [6, 6.07) is 11.1. The molecule has 0 saturated carbocycles. The van der Waals surface area contributed by atoms with E-state index in [0.717, 1.165) is 44.0 Å². The Hall–Kier alpha value is -2.12. The number of pyridine rings is 1. The highest BCUT2D eigenvalue weighted by atomic mass is 32.2. The average molecular weight is 403 g/mol. The van der Waals surface area contributed by atoms with Gasteiger partial charge in [-0.15, -0.1) is 0 Å². The molecule has 0 spiro atoms. The van der Waals surface area contributed by atoms with E-state index in [9.17, 15) is 8.42 Å². The Labute approximate surface area is 168 Å². The molecule has 6 nitrogen and oxygen atoms in total. The Kier molecular flexibility index (Phi) is 6.57. The van der Waals surface area contributed by atoms with Crippen LogP contribution in [-0.2, 0) is 16.4 Å². The van der Waals surface area contributed by atoms with Gasteiger partial charge in [0.15, 0.2) is 0 Å². The topological polar surface area (TPSA) is 65.5 Å². The van der Waals surface area contributed by atoms with Crippen LogP contribution in [0.25, 0.3) is 0 Å². The van der Waals surface area contributed by atoms with Crippen molar-refractivity contribution >= 4 is 21.5 Å². The summed E-state index contributed by atoms with van der Waals surface area (Å²) >= 11 is 0. The van der Waals surface area contributed by atoms with Gasteiger partial charge in [-0.3, -0.25) is 9.62 Å². The van der Waals surface area contributed by atoms with Gasteiger partial charge in [0.2, 0.25) is 0 Å². The number of nitrogens with one attached hydrogen (secondary N) is 1. The lowest BCUT2D eigenvalue weighted by Gasteiger charge is -2.40. The number of sulfonamides is 1. The predicted octanol–water partition coefficient (Wildman–Crippen LogP) is 3.37. The third kappa shape index (κ3) is 4.83. The summed E-state index contributed by atoms with van der Waals surface area (Å²) in [5.74, 6) is 0.887. The minimum atomic E-state index is -3.61. The number of aromatic nitrogens is 1. The molecule has 3 rings (SSSR count). The standard InChI is InChI=1S/C21H30N4O2S/c1-4-12-24-13-14-25(16-17(24)3)21-11-8-19(15-22-21)23-28(26,27)20-9-6-18(5-2)7-10-20/h6-11,15,17,23H,4-5,12-14,16H2,1-3H3/t17-/m0/s1. The van der Waals surface area contributed by atoms with Crippen molar-refractivity contribution in [2.45, 2.75) is 44.6 Å². The highest BCUT2D eigenvalue weighted by Gasteiger charge is 2.23. The first kappa shape index (κ1) is 20.6. The summed E-state index contributed by atoms with van der Waals surface area (Å²) in [4.78, 5) is 9.52. The zero-order valence-corrected chi connectivity index (χ0v) is 17.7. The molecule has 1 N–H and O–H groups in total. The van der Waals surface area contributed by atoms with E-state index in [0.29, 0.717) is 11.7 Å². The van der Waals surface area contributed by atoms with E-state index in [-0.39, 0.29) is 4.90 Å². The van der Waals surface area contributed by atoms with Gasteiger partial charge in [-0.25, -0.2) is 13.4 Å². The lowest BCUT2D eigenvalue weighted by atomic mass is 10.2. The molecule has 1 fully saturated rings. The molecule has 0 bridgehead atoms. The molecule has 2 heterocycles. The molecular weight excluding hydrogens is 372 g/mol. The molecule has 1 aromatic heterocycles. The largest absolute Gasteiger partial charge is 0.354 e. The van der Waals surface area contributed by atoms with Crippen molar-refractivity contribution in [3.8, 4) is 0 Å². The van der Waals surface area contributed by atoms with Crippen LogP contribution in [-0.4, -0.2) is 50.5 Å². The molecule has 0 unspecified atom stereocenters. The summed E-state index contributed by atoms with van der Waals surface area (Å²) in [6.07, 6.45) is 3.64. The van der Waals surface area contributed by atoms with Gasteiger partial charge in [0.25, 0.3) is 10.0 Å². The Morgan fingerprint density at radius 1 is 1.11 bits per heavy atom. The molecule has 1 aliphatic heterocycles. The van der Waals surface area contributed by atoms with E-state index < -0.39 is 10.0 Å². The number of anilines is 2. The Morgan fingerprint density at radius 3 is 2.43 bits per heavy atom. The number of piperazine rings is 1. The smallest absolute Gasteiger partial charge is 0.261 e. The van der Waals surface area contributed by atoms with Crippen LogP contribution in [0, 0.1) is 0 Å². The Bertz CT molecular complexity index is 866. The molecule has 1 atom stereocenters. The monoisotopic (exact) mass is 402 g/mol. The van der Waals surface area contributed by atoms with Crippen molar-refractivity contribution in [1.82, 2.24) is 9.88 Å². The Balaban J connectivity index is 1.65. The second kappa shape index (κ2) is 8.92. The summed E-state index contributed by atoms with van der Waals surface area (Å²) in [6.45, 7) is 10.5. The van der Waals surface area contributed by atoms with Crippen LogP contribution in [0.3, 0.4) is 0 Å². The van der Waals surface area contributed by atoms with Crippen LogP contribution in [0.1, 0.15) is 32.8 Å². The summed E-state index contributed by atoms with van der Waals surface area (Å²) in [5.41, 5.74) is 1.58. The minimum absolute atomic E-state index is 0.259. The fraction of sp³-hybridized carbons (Fsp3) is 0.476. The number of hydrogen-bond acceptors (Lipinski definition) is 5. The molecular formula is C21H30N4O2S. The molecule has 0 radical (unpaired) electrons. The maximum Gasteiger partial charge on any atom is 0.261 e. The minimum Gasteiger partial charge on any atom is -0.354 e. The van der Waals surface area contributed by atoms with E-state index in [1.54, 1.807) is 24.4 Å². The first-order valence-corrected chi connectivity index (χ1v) is 11.5. The lowest BCUT2D eigenvalue weighted by Crippen LogP contribution is -2.52. The highest BCUT2D eigenvalue weighted by molar-refractivity contribution is 7.92. The summed E-state index contributed by atoms with van der Waals surface area (Å²) < 4.78 is 27.8. The van der Waals surface area contributed by atoms with Gasteiger partial charge in [0.1, 0.15) is 5.82 Å². The van der Waals surface area contributed by atoms with Gasteiger partial charge in [-0.05, 0) is 56.1 Å². The van der Waals surface area contributed by atoms with Gasteiger partial charge >= 0.3 is 0 Å². The average Bonchev–Trinajstić information content (AvgIpc) is 2.70. The van der Waals surface area contributed by atoms with Crippen LogP contribution in [0.15, 0.2) is 47.5 Å². The molecule has 28 heavy (non-hydrogen) atoms. The number of aryl methyl sites for hydroxylation is 1. The molecule has 1 aromatic carbocycles. The van der Waals surface area contributed by atoms with E-state index in [4.69, 9.17) is 0 Å². The van der Waals surface area contributed by atoms with Gasteiger partial charge in [0.05, 0.1) is 16.8 Å². The van der Waals surface area contributed by atoms with Gasteiger partial charge < -0.3 is 4.90 Å². The summed E-state index contributed by atoms with van der Waals surface area (Å²) in [5, 5.41) is 0. The second-order valence-electron chi connectivity index (χ2n) is 7.34. The van der Waals surface area contributed by atoms with E-state index in [1.807, 2.05) is 25.1 Å². The molecule has 152 valence electrons. The number of rotatable bonds is 7. The molecule has 7 heteroatoms. The number of nitrogens with zero attached hydrogens (tertiary/aromatic N) is 3. The summed E-state index contributed by atoms with van der Waals surface area (Å²) in [7, 11) is -3.61. The van der Waals surface area contributed by atoms with Crippen LogP contribution in [0.4, 0.5) is 11.5 Å². The zero-order chi connectivity index (χ0) is 20.1.